The molecule has 18 atom stereocenters. The van der Waals surface area contributed by atoms with E-state index in [0.29, 0.717) is 39.3 Å². The number of aliphatic hydroxyl groups excluding tert-OH is 4. The number of nitrogens with one attached hydrogen (secondary N) is 2. The Balaban J connectivity index is 0.000000171. The first-order valence-electron chi connectivity index (χ1n) is 47.0. The van der Waals surface area contributed by atoms with E-state index in [0.717, 1.165) is 129 Å². The van der Waals surface area contributed by atoms with Crippen molar-refractivity contribution in [3.8, 4) is 12.1 Å². The van der Waals surface area contributed by atoms with Gasteiger partial charge in [-0.25, -0.2) is 0 Å². The van der Waals surface area contributed by atoms with E-state index in [2.05, 4.69) is 70.1 Å². The quantitative estimate of drug-likeness (QED) is 0.0480. The van der Waals surface area contributed by atoms with Crippen molar-refractivity contribution < 1.29 is 125 Å². The van der Waals surface area contributed by atoms with Crippen LogP contribution in [0.5, 0.6) is 0 Å². The van der Waals surface area contributed by atoms with Crippen LogP contribution in [0.25, 0.3) is 0 Å². The van der Waals surface area contributed by atoms with E-state index in [1.807, 2.05) is 27.7 Å². The van der Waals surface area contributed by atoms with Crippen LogP contribution in [0, 0.1) is 22.7 Å². The van der Waals surface area contributed by atoms with Crippen molar-refractivity contribution in [1.29, 1.82) is 10.5 Å². The van der Waals surface area contributed by atoms with Gasteiger partial charge in [-0.05, 0) is 160 Å². The van der Waals surface area contributed by atoms with Gasteiger partial charge in [0.1, 0.15) is 112 Å². The van der Waals surface area contributed by atoms with E-state index in [1.54, 1.807) is 93.9 Å². The maximum absolute atomic E-state index is 12.7. The Morgan fingerprint density at radius 3 is 0.924 bits per heavy atom. The number of piperidine rings is 4. The number of hydrogen-bond donors (Lipinski definition) is 8. The van der Waals surface area contributed by atoms with Crippen LogP contribution in [0.1, 0.15) is 160 Å². The Hall–Kier alpha value is -5.32. The molecule has 752 valence electrons. The summed E-state index contributed by atoms with van der Waals surface area (Å²) in [5.74, 6) is -8.93. The number of fused-ring (bicyclic) bond motifs is 4. The summed E-state index contributed by atoms with van der Waals surface area (Å²) in [6, 6.07) is 3.83. The molecule has 14 aliphatic rings. The zero-order chi connectivity index (χ0) is 96.9. The lowest BCUT2D eigenvalue weighted by molar-refractivity contribution is -0.302. The van der Waals surface area contributed by atoms with Gasteiger partial charge in [0.2, 0.25) is 58.6 Å². The Bertz CT molecular complexity index is 3950. The highest BCUT2D eigenvalue weighted by atomic mass is 16.9. The predicted molar refractivity (Wildman–Crippen MR) is 474 cm³/mol. The standard InChI is InChI=1S/2C26H43N5O7.2C19H35N3O6/c1-24(2)37-23-22(34)19(35-16-21(33)29(4)5)15-36-26(23,38-24)17-30-11-8-25(3,9-12-30)28-14-20(32)31-10-6-7-18(31)13-27;1-24(2)37-23-22(35-16-21(34)29(4)5)19(32)15-36-26(23,38-24)17-30-11-8-25(3,9-12-30)28-14-20(33)31-10-6-7-18(31)13-27;1-17(2)27-16-15(24)13(25-11-14(23)21(4)5)10-26-19(16,28-17)12-22-8-6-18(3,20)7-9-22;1-17(2)27-16-15(25-11-14(24)21(4)5)13(23)10-26-19(16,28-17)12-22-8-6-18(3,20)7-9-22/h18-19,22-23,28,34H,6-12,14-17H2,1-5H3;18-19,22-23,28,32H,6-12,14-17H2,1-5H3;13,15-16,24H,6-12,20H2,1-5H3;13,15-16,23H,6-12,20H2,1-5H3/t2*18-,19+,22+,23-,26-;2*13-,15-,16+,19+/m0011/s1. The summed E-state index contributed by atoms with van der Waals surface area (Å²) in [7, 11) is 13.2. The number of likely N-dealkylation sites (N-methyl/N-ethyl adjacent to an activating group) is 4. The molecule has 14 rings (SSSR count). The largest absolute Gasteiger partial charge is 0.388 e. The van der Waals surface area contributed by atoms with Gasteiger partial charge in [-0.15, -0.1) is 0 Å². The van der Waals surface area contributed by atoms with E-state index in [1.165, 1.54) is 19.6 Å². The molecule has 0 aliphatic carbocycles. The van der Waals surface area contributed by atoms with E-state index >= 15 is 0 Å². The van der Waals surface area contributed by atoms with E-state index < -0.39 is 120 Å². The van der Waals surface area contributed by atoms with E-state index in [9.17, 15) is 59.7 Å². The lowest BCUT2D eigenvalue weighted by atomic mass is 9.88. The predicted octanol–water partition coefficient (Wildman–Crippen LogP) is -1.66. The highest BCUT2D eigenvalue weighted by molar-refractivity contribution is 5.80. The van der Waals surface area contributed by atoms with Crippen molar-refractivity contribution in [2.24, 2.45) is 11.5 Å². The second kappa shape index (κ2) is 43.2. The number of hydrogen-bond acceptors (Lipinski definition) is 36. The van der Waals surface area contributed by atoms with Gasteiger partial charge in [0.25, 0.3) is 0 Å². The van der Waals surface area contributed by atoms with Gasteiger partial charge in [0.15, 0.2) is 23.1 Å². The lowest BCUT2D eigenvalue weighted by Gasteiger charge is -2.47. The van der Waals surface area contributed by atoms with Crippen LogP contribution in [0.15, 0.2) is 0 Å². The van der Waals surface area contributed by atoms with Gasteiger partial charge in [-0.3, -0.25) is 48.4 Å². The third-order valence-corrected chi connectivity index (χ3v) is 27.9. The normalized spacial score (nSPS) is 35.8. The summed E-state index contributed by atoms with van der Waals surface area (Å²) in [5.41, 5.74) is 11.8. The highest BCUT2D eigenvalue weighted by Gasteiger charge is 2.67. The number of amides is 6. The summed E-state index contributed by atoms with van der Waals surface area (Å²) in [4.78, 5) is 91.4. The molecule has 132 heavy (non-hydrogen) atoms. The van der Waals surface area contributed by atoms with E-state index in [4.69, 9.17) is 87.3 Å². The molecule has 42 heteroatoms. The molecule has 0 radical (unpaired) electrons. The fourth-order valence-electron chi connectivity index (χ4n) is 19.6. The molecule has 0 aromatic carbocycles. The van der Waals surface area contributed by atoms with Gasteiger partial charge in [-0.1, -0.05) is 0 Å². The molecule has 14 fully saturated rings. The van der Waals surface area contributed by atoms with Gasteiger partial charge < -0.3 is 148 Å². The maximum atomic E-state index is 12.7. The van der Waals surface area contributed by atoms with Crippen LogP contribution in [0.2, 0.25) is 0 Å². The molecule has 0 saturated carbocycles. The van der Waals surface area contributed by atoms with Crippen molar-refractivity contribution in [2.45, 2.75) is 314 Å². The summed E-state index contributed by atoms with van der Waals surface area (Å²) in [5, 5.41) is 68.7. The summed E-state index contributed by atoms with van der Waals surface area (Å²) >= 11 is 0. The second-order valence-corrected chi connectivity index (χ2v) is 42.2. The number of nitrogens with two attached hydrogens (primary N) is 2. The number of carbonyl (C=O) groups excluding carboxylic acids is 6. The first-order chi connectivity index (χ1) is 61.6. The van der Waals surface area contributed by atoms with Crippen LogP contribution >= 0.6 is 0 Å². The fraction of sp³-hybridized carbons (Fsp3) is 0.911. The Morgan fingerprint density at radius 2 is 0.644 bits per heavy atom. The molecule has 0 aromatic heterocycles. The minimum absolute atomic E-state index is 0.00613. The van der Waals surface area contributed by atoms with E-state index in [-0.39, 0.29) is 136 Å². The van der Waals surface area contributed by atoms with Crippen molar-refractivity contribution in [2.75, 3.05) is 214 Å². The minimum atomic E-state index is -1.16. The second-order valence-electron chi connectivity index (χ2n) is 42.2. The molecule has 0 unspecified atom stereocenters. The molecule has 14 saturated heterocycles. The molecule has 14 heterocycles. The number of aliphatic hydroxyl groups is 4. The summed E-state index contributed by atoms with van der Waals surface area (Å²) in [6.07, 6.45) is 0.491. The van der Waals surface area contributed by atoms with Crippen molar-refractivity contribution in [3.63, 3.8) is 0 Å². The van der Waals surface area contributed by atoms with Gasteiger partial charge >= 0.3 is 0 Å². The molecule has 10 N–H and O–H groups in total. The van der Waals surface area contributed by atoms with Gasteiger partial charge in [0.05, 0.1) is 77.8 Å². The zero-order valence-electron chi connectivity index (χ0n) is 81.8. The molecule has 0 bridgehead atoms. The van der Waals surface area contributed by atoms with Crippen molar-refractivity contribution >= 4 is 35.4 Å². The molecule has 6 amide bonds. The Morgan fingerprint density at radius 1 is 0.386 bits per heavy atom. The van der Waals surface area contributed by atoms with Crippen LogP contribution in [0.4, 0.5) is 0 Å². The third-order valence-electron chi connectivity index (χ3n) is 27.9. The SMILES string of the molecule is CN(C)C(=O)CO[C@@H]1CO[C@@]2(CN3CCC(C)(N)CC3)OC(C)(C)O[C@H]2[C@@H]1O.CN(C)C(=O)CO[C@@H]1CO[C@@]2(CN3CCC(C)(NCC(=O)N4CCC[C@H]4C#N)CC3)OC(C)(C)O[C@H]2[C@@H]1O.CN(C)C(=O)CO[C@@H]1[C@H](O)CO[C@@]2(CN3CCC(C)(N)CC3)OC(C)(C)O[C@@H]12.CN(C)C(=O)CO[C@@H]1[C@H](O)CO[C@@]2(CN3CCC(C)(NCC(=O)N4CCC[C@H]4C#N)CC3)OC(C)(C)O[C@@H]12. The van der Waals surface area contributed by atoms with Crippen LogP contribution in [-0.4, -0.2) is 473 Å². The fourth-order valence-corrected chi connectivity index (χ4v) is 19.6. The average Bonchev–Trinajstić information content (AvgIpc) is 1.60. The number of nitriles is 2. The number of nitrogens with zero attached hydrogens (tertiary/aromatic N) is 12. The number of likely N-dealkylation sites (tertiary alicyclic amines) is 6. The number of ether oxygens (including phenoxy) is 16. The van der Waals surface area contributed by atoms with Crippen LogP contribution in [-0.2, 0) is 105 Å². The molecule has 42 nitrogen and oxygen atoms in total. The van der Waals surface area contributed by atoms with Crippen LogP contribution < -0.4 is 22.1 Å². The van der Waals surface area contributed by atoms with Crippen molar-refractivity contribution in [1.82, 2.24) is 59.6 Å². The summed E-state index contributed by atoms with van der Waals surface area (Å²) in [6.45, 7) is 32.4. The summed E-state index contributed by atoms with van der Waals surface area (Å²) < 4.78 is 96.9. The number of carbonyl (C=O) groups is 6. The monoisotopic (exact) mass is 1880 g/mol. The molecule has 14 aliphatic heterocycles. The first-order valence-corrected chi connectivity index (χ1v) is 47.0. The number of rotatable bonds is 26. The lowest BCUT2D eigenvalue weighted by Crippen LogP contribution is -2.65. The average molecular weight is 1880 g/mol. The maximum Gasteiger partial charge on any atom is 0.248 e. The third kappa shape index (κ3) is 26.8. The Kier molecular flexibility index (Phi) is 35.0. The molecular weight excluding hydrogens is 1720 g/mol. The smallest absolute Gasteiger partial charge is 0.248 e. The van der Waals surface area contributed by atoms with Crippen LogP contribution in [0.3, 0.4) is 0 Å². The van der Waals surface area contributed by atoms with Gasteiger partial charge in [0, 0.05) is 144 Å². The minimum Gasteiger partial charge on any atom is -0.388 e. The zero-order valence-corrected chi connectivity index (χ0v) is 81.8. The first kappa shape index (κ1) is 107. The molecule has 0 aromatic rings. The highest BCUT2D eigenvalue weighted by Crippen LogP contribution is 2.49. The van der Waals surface area contributed by atoms with Gasteiger partial charge in [-0.2, -0.15) is 10.5 Å². The topological polar surface area (TPSA) is 487 Å². The van der Waals surface area contributed by atoms with Crippen molar-refractivity contribution in [3.05, 3.63) is 0 Å². The Labute approximate surface area is 778 Å². The molecule has 0 spiro atoms. The molecular formula is C90H156N16O26.